The van der Waals surface area contributed by atoms with Crippen LogP contribution in [-0.2, 0) is 12.7 Å². The maximum absolute atomic E-state index is 12.6. The predicted molar refractivity (Wildman–Crippen MR) is 91.9 cm³/mol. The number of likely N-dealkylation sites (tertiary alicyclic amines) is 1. The fourth-order valence-corrected chi connectivity index (χ4v) is 3.77. The van der Waals surface area contributed by atoms with Gasteiger partial charge >= 0.3 is 12.1 Å². The summed E-state index contributed by atoms with van der Waals surface area (Å²) in [6.45, 7) is 2.72. The monoisotopic (exact) mass is 395 g/mol. The molecule has 1 fully saturated rings. The lowest BCUT2D eigenvalue weighted by atomic mass is 9.94. The number of rotatable bonds is 4. The molecule has 0 radical (unpaired) electrons. The van der Waals surface area contributed by atoms with Gasteiger partial charge in [-0.05, 0) is 31.5 Å². The van der Waals surface area contributed by atoms with Crippen molar-refractivity contribution >= 4 is 11.3 Å². The minimum Gasteiger partial charge on any atom is -0.329 e. The molecule has 0 bridgehead atoms. The lowest BCUT2D eigenvalue weighted by Gasteiger charge is -2.32. The van der Waals surface area contributed by atoms with Crippen molar-refractivity contribution in [3.8, 4) is 11.4 Å². The van der Waals surface area contributed by atoms with E-state index in [4.69, 9.17) is 0 Å². The van der Waals surface area contributed by atoms with Crippen LogP contribution in [0.5, 0.6) is 0 Å². The number of halogens is 3. The third-order valence-electron chi connectivity index (χ3n) is 4.51. The van der Waals surface area contributed by atoms with Crippen LogP contribution in [0.3, 0.4) is 0 Å². The summed E-state index contributed by atoms with van der Waals surface area (Å²) in [5.74, 6) is -1.19. The zero-order chi connectivity index (χ0) is 18.9. The van der Waals surface area contributed by atoms with Gasteiger partial charge in [0.25, 0.3) is 0 Å². The van der Waals surface area contributed by atoms with Crippen molar-refractivity contribution < 1.29 is 17.7 Å². The number of nitrogens with zero attached hydrogens (tertiary/aromatic N) is 5. The number of aromatic nitrogens is 4. The van der Waals surface area contributed by atoms with E-state index in [0.29, 0.717) is 5.56 Å². The number of hydrogen-bond donors (Lipinski definition) is 0. The number of pyridine rings is 1. The smallest absolute Gasteiger partial charge is 0.329 e. The minimum absolute atomic E-state index is 0.116. The average Bonchev–Trinajstić information content (AvgIpc) is 3.34. The summed E-state index contributed by atoms with van der Waals surface area (Å²) in [4.78, 5) is 14.5. The molecule has 0 saturated carbocycles. The van der Waals surface area contributed by atoms with Gasteiger partial charge in [-0.25, -0.2) is 4.98 Å². The van der Waals surface area contributed by atoms with Gasteiger partial charge in [0.15, 0.2) is 0 Å². The second-order valence-corrected chi connectivity index (χ2v) is 7.17. The normalized spacial score (nSPS) is 18.7. The lowest BCUT2D eigenvalue weighted by Crippen LogP contribution is -2.34. The first kappa shape index (κ1) is 18.1. The van der Waals surface area contributed by atoms with Gasteiger partial charge in [-0.15, -0.1) is 11.3 Å². The zero-order valence-corrected chi connectivity index (χ0v) is 15.0. The first-order valence-corrected chi connectivity index (χ1v) is 9.40. The molecule has 1 aliphatic heterocycles. The summed E-state index contributed by atoms with van der Waals surface area (Å²) >= 11 is 1.59. The first-order chi connectivity index (χ1) is 13.0. The SMILES string of the molecule is FC(F)(F)c1nc(-c2ccc([C@@H]3CCCN(Cc4cscn4)C3)nc2)no1. The molecule has 0 aliphatic carbocycles. The number of piperidine rings is 1. The van der Waals surface area contributed by atoms with Crippen molar-refractivity contribution in [1.82, 2.24) is 25.0 Å². The molecule has 1 atom stereocenters. The number of hydrogen-bond acceptors (Lipinski definition) is 7. The van der Waals surface area contributed by atoms with Gasteiger partial charge in [-0.2, -0.15) is 18.2 Å². The van der Waals surface area contributed by atoms with Crippen molar-refractivity contribution in [2.75, 3.05) is 13.1 Å². The summed E-state index contributed by atoms with van der Waals surface area (Å²) in [5.41, 5.74) is 4.22. The van der Waals surface area contributed by atoms with Crippen LogP contribution >= 0.6 is 11.3 Å². The van der Waals surface area contributed by atoms with Gasteiger partial charge in [0.2, 0.25) is 5.82 Å². The highest BCUT2D eigenvalue weighted by atomic mass is 32.1. The highest BCUT2D eigenvalue weighted by Gasteiger charge is 2.38. The van der Waals surface area contributed by atoms with E-state index in [1.165, 1.54) is 6.20 Å². The summed E-state index contributed by atoms with van der Waals surface area (Å²) in [5, 5.41) is 5.44. The Bertz CT molecular complexity index is 879. The van der Waals surface area contributed by atoms with Crippen LogP contribution in [0.2, 0.25) is 0 Å². The summed E-state index contributed by atoms with van der Waals surface area (Å²) in [7, 11) is 0. The highest BCUT2D eigenvalue weighted by molar-refractivity contribution is 7.07. The van der Waals surface area contributed by atoms with E-state index in [9.17, 15) is 13.2 Å². The average molecular weight is 395 g/mol. The molecule has 1 saturated heterocycles. The standard InChI is InChI=1S/C17H16F3N5OS/c18-17(19,20)16-23-15(24-26-16)11-3-4-14(21-6-11)12-2-1-5-25(7-12)8-13-9-27-10-22-13/h3-4,6,9-10,12H,1-2,5,7-8H2/t12-/m1/s1. The summed E-state index contributed by atoms with van der Waals surface area (Å²) < 4.78 is 42.0. The van der Waals surface area contributed by atoms with Crippen LogP contribution in [0.4, 0.5) is 13.2 Å². The molecule has 6 nitrogen and oxygen atoms in total. The number of thiazole rings is 1. The number of alkyl halides is 3. The zero-order valence-electron chi connectivity index (χ0n) is 14.2. The first-order valence-electron chi connectivity index (χ1n) is 8.45. The van der Waals surface area contributed by atoms with E-state index >= 15 is 0 Å². The molecule has 1 aliphatic rings. The molecule has 0 aromatic carbocycles. The van der Waals surface area contributed by atoms with Crippen LogP contribution in [0.1, 0.15) is 36.0 Å². The topological polar surface area (TPSA) is 67.9 Å². The fourth-order valence-electron chi connectivity index (χ4n) is 3.22. The Morgan fingerprint density at radius 2 is 2.15 bits per heavy atom. The molecular weight excluding hydrogens is 379 g/mol. The van der Waals surface area contributed by atoms with Gasteiger partial charge < -0.3 is 4.52 Å². The lowest BCUT2D eigenvalue weighted by molar-refractivity contribution is -0.159. The summed E-state index contributed by atoms with van der Waals surface area (Å²) in [6.07, 6.45) is -1.06. The van der Waals surface area contributed by atoms with E-state index in [2.05, 4.69) is 34.9 Å². The second kappa shape index (κ2) is 7.35. The van der Waals surface area contributed by atoms with Crippen molar-refractivity contribution in [3.63, 3.8) is 0 Å². The Kier molecular flexibility index (Phi) is 4.92. The third kappa shape index (κ3) is 4.16. The van der Waals surface area contributed by atoms with Crippen molar-refractivity contribution in [2.24, 2.45) is 0 Å². The van der Waals surface area contributed by atoms with Gasteiger partial charge in [0.1, 0.15) is 0 Å². The molecule has 0 unspecified atom stereocenters. The van der Waals surface area contributed by atoms with Gasteiger partial charge in [-0.1, -0.05) is 5.16 Å². The highest BCUT2D eigenvalue weighted by Crippen LogP contribution is 2.30. The maximum Gasteiger partial charge on any atom is 0.471 e. The molecule has 0 spiro atoms. The molecule has 0 N–H and O–H groups in total. The van der Waals surface area contributed by atoms with E-state index in [1.807, 2.05) is 11.6 Å². The Hall–Kier alpha value is -2.33. The largest absolute Gasteiger partial charge is 0.471 e. The molecule has 4 rings (SSSR count). The van der Waals surface area contributed by atoms with E-state index < -0.39 is 12.1 Å². The van der Waals surface area contributed by atoms with Gasteiger partial charge in [0, 0.05) is 41.8 Å². The van der Waals surface area contributed by atoms with Gasteiger partial charge in [-0.3, -0.25) is 9.88 Å². The summed E-state index contributed by atoms with van der Waals surface area (Å²) in [6, 6.07) is 3.52. The third-order valence-corrected chi connectivity index (χ3v) is 5.14. The van der Waals surface area contributed by atoms with E-state index in [1.54, 1.807) is 17.4 Å². The van der Waals surface area contributed by atoms with Crippen LogP contribution in [0.25, 0.3) is 11.4 Å². The molecule has 3 aromatic rings. The van der Waals surface area contributed by atoms with Crippen LogP contribution in [0.15, 0.2) is 33.7 Å². The predicted octanol–water partition coefficient (Wildman–Crippen LogP) is 3.99. The Labute approximate surface area is 157 Å². The Morgan fingerprint density at radius 3 is 2.81 bits per heavy atom. The fraction of sp³-hybridized carbons (Fsp3) is 0.412. The van der Waals surface area contributed by atoms with Gasteiger partial charge in [0.05, 0.1) is 11.2 Å². The molecule has 3 aromatic heterocycles. The Morgan fingerprint density at radius 1 is 1.26 bits per heavy atom. The molecule has 4 heterocycles. The Balaban J connectivity index is 1.44. The van der Waals surface area contributed by atoms with Crippen molar-refractivity contribution in [1.29, 1.82) is 0 Å². The van der Waals surface area contributed by atoms with E-state index in [0.717, 1.165) is 43.9 Å². The second-order valence-electron chi connectivity index (χ2n) is 6.45. The molecular formula is C17H16F3N5OS. The molecule has 27 heavy (non-hydrogen) atoms. The minimum atomic E-state index is -4.65. The van der Waals surface area contributed by atoms with Crippen molar-refractivity contribution in [3.05, 3.63) is 46.5 Å². The molecule has 0 amide bonds. The van der Waals surface area contributed by atoms with Crippen molar-refractivity contribution in [2.45, 2.75) is 31.5 Å². The quantitative estimate of drug-likeness (QED) is 0.666. The van der Waals surface area contributed by atoms with Crippen LogP contribution in [-0.4, -0.2) is 38.1 Å². The molecule has 142 valence electrons. The molecule has 10 heteroatoms. The van der Waals surface area contributed by atoms with Crippen LogP contribution < -0.4 is 0 Å². The van der Waals surface area contributed by atoms with Crippen LogP contribution in [0, 0.1) is 0 Å². The maximum atomic E-state index is 12.6. The van der Waals surface area contributed by atoms with E-state index in [-0.39, 0.29) is 11.7 Å².